The average molecular weight is 494 g/mol. The minimum absolute atomic E-state index is 0.330. The van der Waals surface area contributed by atoms with Crippen molar-refractivity contribution in [3.05, 3.63) is 65.1 Å². The fourth-order valence-corrected chi connectivity index (χ4v) is 4.53. The van der Waals surface area contributed by atoms with Crippen molar-refractivity contribution in [2.45, 2.75) is 40.0 Å². The third kappa shape index (κ3) is 6.12. The largest absolute Gasteiger partial charge is 0.488 e. The van der Waals surface area contributed by atoms with Crippen LogP contribution in [0, 0.1) is 12.3 Å². The maximum atomic E-state index is 11.5. The van der Waals surface area contributed by atoms with Crippen LogP contribution in [0.1, 0.15) is 37.9 Å². The van der Waals surface area contributed by atoms with Gasteiger partial charge in [-0.15, -0.1) is 0 Å². The molecular formula is C28H32ClN3O3. The van der Waals surface area contributed by atoms with Crippen molar-refractivity contribution in [2.75, 3.05) is 31.2 Å². The van der Waals surface area contributed by atoms with Crippen molar-refractivity contribution in [3.63, 3.8) is 0 Å². The number of hydrogen-bond acceptors (Lipinski definition) is 6. The summed E-state index contributed by atoms with van der Waals surface area (Å²) in [4.78, 5) is 23.2. The number of para-hydroxylation sites is 1. The van der Waals surface area contributed by atoms with Crippen molar-refractivity contribution in [1.29, 1.82) is 0 Å². The Bertz CT molecular complexity index is 1150. The van der Waals surface area contributed by atoms with Gasteiger partial charge in [-0.05, 0) is 49.4 Å². The van der Waals surface area contributed by atoms with Crippen LogP contribution < -0.4 is 14.4 Å². The molecule has 184 valence electrons. The van der Waals surface area contributed by atoms with Gasteiger partial charge < -0.3 is 19.2 Å². The van der Waals surface area contributed by atoms with Crippen molar-refractivity contribution in [3.8, 4) is 22.8 Å². The van der Waals surface area contributed by atoms with Gasteiger partial charge in [-0.25, -0.2) is 0 Å². The Hall–Kier alpha value is -3.12. The molecule has 1 aliphatic rings. The molecule has 3 aromatic rings. The molecule has 0 radical (unpaired) electrons. The highest BCUT2D eigenvalue weighted by atomic mass is 35.5. The van der Waals surface area contributed by atoms with E-state index in [2.05, 4.69) is 28.7 Å². The summed E-state index contributed by atoms with van der Waals surface area (Å²) in [5.74, 6) is 1.30. The van der Waals surface area contributed by atoms with Gasteiger partial charge in [-0.1, -0.05) is 37.6 Å². The van der Waals surface area contributed by atoms with E-state index in [0.29, 0.717) is 41.6 Å². The zero-order valence-electron chi connectivity index (χ0n) is 20.6. The topological polar surface area (TPSA) is 64.6 Å². The lowest BCUT2D eigenvalue weighted by atomic mass is 9.82. The van der Waals surface area contributed by atoms with Gasteiger partial charge in [-0.2, -0.15) is 0 Å². The molecule has 4 rings (SSSR count). The van der Waals surface area contributed by atoms with Gasteiger partial charge in [0.15, 0.2) is 0 Å². The van der Waals surface area contributed by atoms with Crippen molar-refractivity contribution in [1.82, 2.24) is 9.97 Å². The van der Waals surface area contributed by atoms with Gasteiger partial charge in [-0.3, -0.25) is 9.97 Å². The number of anilines is 1. The van der Waals surface area contributed by atoms with Crippen LogP contribution in [-0.4, -0.2) is 42.6 Å². The van der Waals surface area contributed by atoms with Gasteiger partial charge >= 0.3 is 0 Å². The lowest BCUT2D eigenvalue weighted by Gasteiger charge is -2.40. The third-order valence-corrected chi connectivity index (χ3v) is 6.86. The van der Waals surface area contributed by atoms with E-state index in [0.717, 1.165) is 60.4 Å². The van der Waals surface area contributed by atoms with Crippen LogP contribution in [0.4, 0.5) is 5.69 Å². The molecule has 0 saturated carbocycles. The summed E-state index contributed by atoms with van der Waals surface area (Å²) >= 11 is 6.12. The van der Waals surface area contributed by atoms with E-state index >= 15 is 0 Å². The van der Waals surface area contributed by atoms with Crippen molar-refractivity contribution >= 4 is 23.6 Å². The minimum atomic E-state index is 0.330. The first-order chi connectivity index (χ1) is 16.9. The molecule has 0 spiro atoms. The number of benzene rings is 1. The lowest BCUT2D eigenvalue weighted by Crippen LogP contribution is -2.38. The molecule has 0 amide bonds. The standard InChI is InChI=1S/C28H32ClN3O3/c1-20-22(10-15-33)27(32-13-11-28(2,3)12-14-32)23(19-30-20)25-9-8-21(18-31-25)34-16-17-35-26-7-5-4-6-24(26)29/h4-9,15,18-19H,10-14,16-17H2,1-3H3. The van der Waals surface area contributed by atoms with Crippen LogP contribution in [0.5, 0.6) is 11.5 Å². The van der Waals surface area contributed by atoms with Crippen LogP contribution in [0.15, 0.2) is 48.8 Å². The van der Waals surface area contributed by atoms with E-state index in [1.54, 1.807) is 12.3 Å². The Balaban J connectivity index is 1.49. The number of aryl methyl sites for hydroxylation is 1. The maximum absolute atomic E-state index is 11.5. The highest BCUT2D eigenvalue weighted by molar-refractivity contribution is 6.32. The number of pyridine rings is 2. The number of piperidine rings is 1. The van der Waals surface area contributed by atoms with E-state index in [-0.39, 0.29) is 0 Å². The predicted octanol–water partition coefficient (Wildman–Crippen LogP) is 5.93. The molecule has 7 heteroatoms. The van der Waals surface area contributed by atoms with Gasteiger partial charge in [0.05, 0.1) is 22.6 Å². The van der Waals surface area contributed by atoms with Crippen LogP contribution >= 0.6 is 11.6 Å². The lowest BCUT2D eigenvalue weighted by molar-refractivity contribution is -0.107. The normalized spacial score (nSPS) is 15.0. The summed E-state index contributed by atoms with van der Waals surface area (Å²) in [5, 5.41) is 0.576. The summed E-state index contributed by atoms with van der Waals surface area (Å²) in [6.45, 7) is 9.23. The monoisotopic (exact) mass is 493 g/mol. The molecule has 3 heterocycles. The first-order valence-electron chi connectivity index (χ1n) is 12.0. The van der Waals surface area contributed by atoms with Gasteiger partial charge in [0, 0.05) is 42.5 Å². The molecular weight excluding hydrogens is 462 g/mol. The molecule has 0 atom stereocenters. The molecule has 6 nitrogen and oxygen atoms in total. The first-order valence-corrected chi connectivity index (χ1v) is 12.4. The number of aldehydes is 1. The first kappa shape index (κ1) is 25.0. The molecule has 1 aliphatic heterocycles. The third-order valence-electron chi connectivity index (χ3n) is 6.54. The van der Waals surface area contributed by atoms with E-state index in [9.17, 15) is 4.79 Å². The van der Waals surface area contributed by atoms with Crippen LogP contribution in [0.3, 0.4) is 0 Å². The molecule has 2 aromatic heterocycles. The van der Waals surface area contributed by atoms with Gasteiger partial charge in [0.2, 0.25) is 0 Å². The Morgan fingerprint density at radius 1 is 1.03 bits per heavy atom. The number of ether oxygens (including phenoxy) is 2. The Labute approximate surface area is 212 Å². The number of halogens is 1. The summed E-state index contributed by atoms with van der Waals surface area (Å²) in [6.07, 6.45) is 7.09. The fourth-order valence-electron chi connectivity index (χ4n) is 4.34. The quantitative estimate of drug-likeness (QED) is 0.272. The van der Waals surface area contributed by atoms with Crippen LogP contribution in [0.25, 0.3) is 11.3 Å². The second-order valence-corrected chi connectivity index (χ2v) is 10.0. The van der Waals surface area contributed by atoms with E-state index in [4.69, 9.17) is 21.1 Å². The van der Waals surface area contributed by atoms with Gasteiger partial charge in [0.25, 0.3) is 0 Å². The Morgan fingerprint density at radius 3 is 2.46 bits per heavy atom. The number of carbonyl (C=O) groups excluding carboxylic acids is 1. The molecule has 0 unspecified atom stereocenters. The SMILES string of the molecule is Cc1ncc(-c2ccc(OCCOc3ccccc3Cl)cn2)c(N2CCC(C)(C)CC2)c1CC=O. The van der Waals surface area contributed by atoms with Crippen molar-refractivity contribution < 1.29 is 14.3 Å². The van der Waals surface area contributed by atoms with E-state index < -0.39 is 0 Å². The highest BCUT2D eigenvalue weighted by Gasteiger charge is 2.29. The van der Waals surface area contributed by atoms with Crippen molar-refractivity contribution in [2.24, 2.45) is 5.41 Å². The number of hydrogen-bond donors (Lipinski definition) is 0. The zero-order chi connectivity index (χ0) is 24.8. The summed E-state index contributed by atoms with van der Waals surface area (Å²) in [5.41, 5.74) is 5.03. The second kappa shape index (κ2) is 11.1. The summed E-state index contributed by atoms with van der Waals surface area (Å²) in [6, 6.07) is 11.2. The Kier molecular flexibility index (Phi) is 7.91. The summed E-state index contributed by atoms with van der Waals surface area (Å²) in [7, 11) is 0. The fraction of sp³-hybridized carbons (Fsp3) is 0.393. The molecule has 0 bridgehead atoms. The van der Waals surface area contributed by atoms with E-state index in [1.165, 1.54) is 0 Å². The molecule has 0 aliphatic carbocycles. The number of rotatable bonds is 9. The van der Waals surface area contributed by atoms with Crippen LogP contribution in [0.2, 0.25) is 5.02 Å². The Morgan fingerprint density at radius 2 is 1.77 bits per heavy atom. The maximum Gasteiger partial charge on any atom is 0.138 e. The van der Waals surface area contributed by atoms with E-state index in [1.807, 2.05) is 43.5 Å². The number of nitrogens with zero attached hydrogens (tertiary/aromatic N) is 3. The number of carbonyl (C=O) groups is 1. The second-order valence-electron chi connectivity index (χ2n) is 9.61. The average Bonchev–Trinajstić information content (AvgIpc) is 2.85. The molecule has 0 N–H and O–H groups in total. The summed E-state index contributed by atoms with van der Waals surface area (Å²) < 4.78 is 11.5. The molecule has 1 aromatic carbocycles. The van der Waals surface area contributed by atoms with Gasteiger partial charge in [0.1, 0.15) is 31.0 Å². The zero-order valence-corrected chi connectivity index (χ0v) is 21.3. The molecule has 1 saturated heterocycles. The predicted molar refractivity (Wildman–Crippen MR) is 140 cm³/mol. The number of aromatic nitrogens is 2. The van der Waals surface area contributed by atoms with Crippen LogP contribution in [-0.2, 0) is 11.2 Å². The highest BCUT2D eigenvalue weighted by Crippen LogP contribution is 2.39. The minimum Gasteiger partial charge on any atom is -0.488 e. The molecule has 35 heavy (non-hydrogen) atoms. The smallest absolute Gasteiger partial charge is 0.138 e. The molecule has 1 fully saturated rings.